The molecule has 1 aromatic rings. The number of ether oxygens (including phenoxy) is 1. The van der Waals surface area contributed by atoms with Gasteiger partial charge in [0.1, 0.15) is 5.60 Å². The summed E-state index contributed by atoms with van der Waals surface area (Å²) in [6.07, 6.45) is 2.34. The Morgan fingerprint density at radius 1 is 1.32 bits per heavy atom. The Kier molecular flexibility index (Phi) is 4.12. The summed E-state index contributed by atoms with van der Waals surface area (Å²) in [5.41, 5.74) is 1.07. The molecule has 4 heterocycles. The van der Waals surface area contributed by atoms with Gasteiger partial charge in [0.05, 0.1) is 17.8 Å². The predicted molar refractivity (Wildman–Crippen MR) is 99.8 cm³/mol. The topological polar surface area (TPSA) is 44.8 Å². The van der Waals surface area contributed by atoms with Crippen molar-refractivity contribution in [2.75, 3.05) is 38.1 Å². The highest BCUT2D eigenvalue weighted by atomic mass is 35.5. The van der Waals surface area contributed by atoms with E-state index in [2.05, 4.69) is 15.1 Å². The number of hydrogen-bond donors (Lipinski definition) is 1. The van der Waals surface area contributed by atoms with E-state index in [0.717, 1.165) is 31.9 Å². The third kappa shape index (κ3) is 3.20. The summed E-state index contributed by atoms with van der Waals surface area (Å²) < 4.78 is 6.18. The molecule has 6 heteroatoms. The summed E-state index contributed by atoms with van der Waals surface area (Å²) in [7, 11) is 2.01. The number of anilines is 1. The molecule has 1 atom stereocenters. The molecule has 2 bridgehead atoms. The first-order chi connectivity index (χ1) is 11.8. The molecule has 0 spiro atoms. The zero-order valence-corrected chi connectivity index (χ0v) is 15.9. The van der Waals surface area contributed by atoms with Gasteiger partial charge >= 0.3 is 0 Å². The first-order valence-electron chi connectivity index (χ1n) is 9.09. The van der Waals surface area contributed by atoms with Gasteiger partial charge in [-0.3, -0.25) is 4.79 Å². The third-order valence-corrected chi connectivity index (χ3v) is 5.88. The minimum atomic E-state index is -0.347. The summed E-state index contributed by atoms with van der Waals surface area (Å²) >= 11 is 6.30. The fraction of sp³-hybridized carbons (Fsp3) is 0.632. The first-order valence-corrected chi connectivity index (χ1v) is 9.47. The minimum Gasteiger partial charge on any atom is -0.483 e. The van der Waals surface area contributed by atoms with Crippen LogP contribution in [0.5, 0.6) is 5.75 Å². The van der Waals surface area contributed by atoms with E-state index in [0.29, 0.717) is 22.3 Å². The van der Waals surface area contributed by atoms with Gasteiger partial charge in [0, 0.05) is 24.7 Å². The van der Waals surface area contributed by atoms with E-state index in [1.54, 1.807) is 6.07 Å². The second-order valence-corrected chi connectivity index (χ2v) is 8.67. The molecule has 4 aliphatic rings. The number of likely N-dealkylation sites (N-methyl/N-ethyl adjacent to an activating group) is 1. The van der Waals surface area contributed by atoms with Gasteiger partial charge in [-0.25, -0.2) is 0 Å². The number of carbonyl (C=O) groups excluding carboxylic acids is 1. The van der Waals surface area contributed by atoms with Crippen molar-refractivity contribution >= 4 is 23.2 Å². The van der Waals surface area contributed by atoms with Crippen LogP contribution < -0.4 is 15.0 Å². The van der Waals surface area contributed by atoms with E-state index < -0.39 is 0 Å². The molecule has 3 fully saturated rings. The molecule has 1 N–H and O–H groups in total. The average molecular weight is 364 g/mol. The molecule has 136 valence electrons. The van der Waals surface area contributed by atoms with Crippen molar-refractivity contribution < 1.29 is 9.53 Å². The maximum absolute atomic E-state index is 13.0. The zero-order valence-electron chi connectivity index (χ0n) is 15.1. The number of fused-ring (bicyclic) bond motifs is 4. The van der Waals surface area contributed by atoms with Crippen LogP contribution in [0, 0.1) is 5.92 Å². The molecular weight excluding hydrogens is 338 g/mol. The van der Waals surface area contributed by atoms with Crippen molar-refractivity contribution in [3.63, 3.8) is 0 Å². The summed E-state index contributed by atoms with van der Waals surface area (Å²) in [5, 5.41) is 3.81. The SMILES string of the molecule is CN1CC(C)(C)Oc2c(C(=O)N[C@H]3CN4CCC3CC4)cc(Cl)cc21. The van der Waals surface area contributed by atoms with Gasteiger partial charge in [-0.2, -0.15) is 0 Å². The van der Waals surface area contributed by atoms with Crippen molar-refractivity contribution in [1.29, 1.82) is 0 Å². The summed E-state index contributed by atoms with van der Waals surface area (Å²) in [6.45, 7) is 8.09. The Hall–Kier alpha value is -1.46. The number of benzene rings is 1. The van der Waals surface area contributed by atoms with Gasteiger partial charge in [0.2, 0.25) is 0 Å². The van der Waals surface area contributed by atoms with E-state index in [1.807, 2.05) is 27.0 Å². The van der Waals surface area contributed by atoms with Crippen molar-refractivity contribution in [2.24, 2.45) is 5.92 Å². The normalized spacial score (nSPS) is 29.8. The molecule has 5 nitrogen and oxygen atoms in total. The third-order valence-electron chi connectivity index (χ3n) is 5.66. The highest BCUT2D eigenvalue weighted by molar-refractivity contribution is 6.31. The van der Waals surface area contributed by atoms with E-state index in [9.17, 15) is 4.79 Å². The van der Waals surface area contributed by atoms with Crippen LogP contribution in [-0.2, 0) is 0 Å². The molecule has 5 rings (SSSR count). The van der Waals surface area contributed by atoms with Crippen LogP contribution in [0.25, 0.3) is 0 Å². The Morgan fingerprint density at radius 2 is 2.04 bits per heavy atom. The summed E-state index contributed by atoms with van der Waals surface area (Å²) in [4.78, 5) is 17.6. The molecule has 1 amide bonds. The highest BCUT2D eigenvalue weighted by Gasteiger charge is 2.37. The monoisotopic (exact) mass is 363 g/mol. The maximum atomic E-state index is 13.0. The Balaban J connectivity index is 1.62. The molecule has 0 radical (unpaired) electrons. The van der Waals surface area contributed by atoms with E-state index >= 15 is 0 Å². The van der Waals surface area contributed by atoms with Gasteiger partial charge in [-0.1, -0.05) is 11.6 Å². The highest BCUT2D eigenvalue weighted by Crippen LogP contribution is 2.41. The lowest BCUT2D eigenvalue weighted by Gasteiger charge is -2.45. The van der Waals surface area contributed by atoms with Crippen molar-refractivity contribution in [2.45, 2.75) is 38.3 Å². The molecular formula is C19H26ClN3O2. The number of amides is 1. The molecule has 0 aliphatic carbocycles. The van der Waals surface area contributed by atoms with Crippen molar-refractivity contribution in [3.05, 3.63) is 22.7 Å². The smallest absolute Gasteiger partial charge is 0.255 e. The van der Waals surface area contributed by atoms with Crippen LogP contribution in [0.4, 0.5) is 5.69 Å². The fourth-order valence-corrected chi connectivity index (χ4v) is 4.69. The van der Waals surface area contributed by atoms with Crippen LogP contribution in [0.3, 0.4) is 0 Å². The number of piperidine rings is 3. The molecule has 0 saturated carbocycles. The summed E-state index contributed by atoms with van der Waals surface area (Å²) in [6, 6.07) is 3.82. The standard InChI is InChI=1S/C19H26ClN3O2/c1-19(2)11-22(3)16-9-13(20)8-14(17(16)25-19)18(24)21-15-10-23-6-4-12(15)5-7-23/h8-9,12,15H,4-7,10-11H2,1-3H3,(H,21,24)/t15-/m0/s1. The molecule has 3 saturated heterocycles. The first kappa shape index (κ1) is 17.0. The number of nitrogens with zero attached hydrogens (tertiary/aromatic N) is 2. The van der Waals surface area contributed by atoms with E-state index in [1.165, 1.54) is 12.8 Å². The van der Waals surface area contributed by atoms with Crippen LogP contribution in [0.1, 0.15) is 37.0 Å². The molecule has 4 aliphatic heterocycles. The van der Waals surface area contributed by atoms with Gasteiger partial charge in [-0.15, -0.1) is 0 Å². The largest absolute Gasteiger partial charge is 0.483 e. The van der Waals surface area contributed by atoms with Crippen LogP contribution in [0.15, 0.2) is 12.1 Å². The fourth-order valence-electron chi connectivity index (χ4n) is 4.48. The van der Waals surface area contributed by atoms with Gasteiger partial charge in [-0.05, 0) is 57.8 Å². The predicted octanol–water partition coefficient (Wildman–Crippen LogP) is 2.77. The quantitative estimate of drug-likeness (QED) is 0.877. The number of halogens is 1. The summed E-state index contributed by atoms with van der Waals surface area (Å²) in [5.74, 6) is 1.15. The molecule has 0 unspecified atom stereocenters. The lowest BCUT2D eigenvalue weighted by molar-refractivity contribution is 0.0611. The number of hydrogen-bond acceptors (Lipinski definition) is 4. The van der Waals surface area contributed by atoms with Crippen molar-refractivity contribution in [3.8, 4) is 5.75 Å². The van der Waals surface area contributed by atoms with Crippen LogP contribution in [-0.4, -0.2) is 55.7 Å². The van der Waals surface area contributed by atoms with Crippen molar-refractivity contribution in [1.82, 2.24) is 10.2 Å². The van der Waals surface area contributed by atoms with E-state index in [4.69, 9.17) is 16.3 Å². The number of carbonyl (C=O) groups is 1. The lowest BCUT2D eigenvalue weighted by Crippen LogP contribution is -2.57. The van der Waals surface area contributed by atoms with Gasteiger partial charge in [0.25, 0.3) is 5.91 Å². The van der Waals surface area contributed by atoms with Crippen LogP contribution in [0.2, 0.25) is 5.02 Å². The Bertz CT molecular complexity index is 698. The second kappa shape index (κ2) is 6.06. The average Bonchev–Trinajstić information content (AvgIpc) is 2.55. The molecule has 1 aromatic carbocycles. The molecule has 0 aromatic heterocycles. The maximum Gasteiger partial charge on any atom is 0.255 e. The number of rotatable bonds is 2. The van der Waals surface area contributed by atoms with Gasteiger partial charge < -0.3 is 19.9 Å². The molecule has 25 heavy (non-hydrogen) atoms. The Morgan fingerprint density at radius 3 is 2.68 bits per heavy atom. The van der Waals surface area contributed by atoms with Crippen LogP contribution >= 0.6 is 11.6 Å². The number of nitrogens with one attached hydrogen (secondary N) is 1. The Labute approximate surface area is 154 Å². The minimum absolute atomic E-state index is 0.0800. The van der Waals surface area contributed by atoms with E-state index in [-0.39, 0.29) is 17.6 Å². The lowest BCUT2D eigenvalue weighted by atomic mass is 9.84. The zero-order chi connectivity index (χ0) is 17.8. The van der Waals surface area contributed by atoms with Gasteiger partial charge in [0.15, 0.2) is 5.75 Å². The second-order valence-electron chi connectivity index (χ2n) is 8.24.